The lowest BCUT2D eigenvalue weighted by Gasteiger charge is -2.26. The monoisotopic (exact) mass is 315 g/mol. The Morgan fingerprint density at radius 2 is 2.14 bits per heavy atom. The summed E-state index contributed by atoms with van der Waals surface area (Å²) in [4.78, 5) is 10.0. The molecule has 0 saturated carbocycles. The first-order chi connectivity index (χ1) is 9.75. The fourth-order valence-electron chi connectivity index (χ4n) is 2.38. The predicted octanol–water partition coefficient (Wildman–Crippen LogP) is 0.975. The molecule has 2 unspecified atom stereocenters. The van der Waals surface area contributed by atoms with Gasteiger partial charge in [0, 0.05) is 19.7 Å². The van der Waals surface area contributed by atoms with Gasteiger partial charge in [0.15, 0.2) is 0 Å². The van der Waals surface area contributed by atoms with Gasteiger partial charge in [0.25, 0.3) is 5.69 Å². The van der Waals surface area contributed by atoms with E-state index in [1.54, 1.807) is 6.92 Å². The number of anilines is 1. The molecule has 1 aliphatic heterocycles. The summed E-state index contributed by atoms with van der Waals surface area (Å²) in [6, 6.07) is 3.20. The molecular formula is C12H17N3O5S. The standard InChI is InChI=1S/C12H17N3O5S/c1-8-11(5-6-20-8)14(2)21(18,19)9-3-4-10(13)12(7-9)15(16)17/h3-4,7-8,11H,5-6,13H2,1-2H3. The van der Waals surface area contributed by atoms with E-state index in [9.17, 15) is 18.5 Å². The first-order valence-electron chi connectivity index (χ1n) is 6.38. The summed E-state index contributed by atoms with van der Waals surface area (Å²) in [6.45, 7) is 2.29. The highest BCUT2D eigenvalue weighted by Crippen LogP contribution is 2.29. The Labute approximate surface area is 122 Å². The van der Waals surface area contributed by atoms with E-state index in [0.717, 1.165) is 6.07 Å². The van der Waals surface area contributed by atoms with Crippen molar-refractivity contribution in [2.75, 3.05) is 19.4 Å². The van der Waals surface area contributed by atoms with Crippen molar-refractivity contribution < 1.29 is 18.1 Å². The number of rotatable bonds is 4. The molecule has 1 heterocycles. The van der Waals surface area contributed by atoms with Crippen LogP contribution in [0.1, 0.15) is 13.3 Å². The minimum Gasteiger partial charge on any atom is -0.393 e. The second kappa shape index (κ2) is 5.58. The zero-order valence-electron chi connectivity index (χ0n) is 11.7. The molecule has 8 nitrogen and oxygen atoms in total. The van der Waals surface area contributed by atoms with E-state index in [1.165, 1.54) is 23.5 Å². The van der Waals surface area contributed by atoms with Crippen LogP contribution >= 0.6 is 0 Å². The van der Waals surface area contributed by atoms with Gasteiger partial charge in [-0.2, -0.15) is 4.31 Å². The Morgan fingerprint density at radius 1 is 1.48 bits per heavy atom. The largest absolute Gasteiger partial charge is 0.393 e. The number of benzene rings is 1. The van der Waals surface area contributed by atoms with Crippen LogP contribution < -0.4 is 5.73 Å². The van der Waals surface area contributed by atoms with Gasteiger partial charge in [-0.1, -0.05) is 0 Å². The quantitative estimate of drug-likeness (QED) is 0.503. The van der Waals surface area contributed by atoms with Crippen molar-refractivity contribution in [3.63, 3.8) is 0 Å². The van der Waals surface area contributed by atoms with Gasteiger partial charge >= 0.3 is 0 Å². The molecule has 116 valence electrons. The van der Waals surface area contributed by atoms with Gasteiger partial charge in [-0.25, -0.2) is 8.42 Å². The highest BCUT2D eigenvalue weighted by atomic mass is 32.2. The van der Waals surface area contributed by atoms with E-state index in [1.807, 2.05) is 0 Å². The smallest absolute Gasteiger partial charge is 0.293 e. The van der Waals surface area contributed by atoms with E-state index in [4.69, 9.17) is 10.5 Å². The molecule has 21 heavy (non-hydrogen) atoms. The molecule has 0 aromatic heterocycles. The average molecular weight is 315 g/mol. The molecule has 2 atom stereocenters. The maximum Gasteiger partial charge on any atom is 0.293 e. The van der Waals surface area contributed by atoms with Crippen LogP contribution in [0.4, 0.5) is 11.4 Å². The maximum absolute atomic E-state index is 12.6. The molecule has 1 fully saturated rings. The molecule has 0 aliphatic carbocycles. The molecule has 0 bridgehead atoms. The van der Waals surface area contributed by atoms with E-state index in [2.05, 4.69) is 0 Å². The molecule has 0 spiro atoms. The van der Waals surface area contributed by atoms with Crippen LogP contribution in [-0.4, -0.2) is 43.4 Å². The second-order valence-electron chi connectivity index (χ2n) is 4.93. The van der Waals surface area contributed by atoms with Crippen LogP contribution in [0, 0.1) is 10.1 Å². The van der Waals surface area contributed by atoms with Crippen molar-refractivity contribution in [3.8, 4) is 0 Å². The van der Waals surface area contributed by atoms with E-state index in [0.29, 0.717) is 13.0 Å². The number of nitro groups is 1. The molecule has 9 heteroatoms. The van der Waals surface area contributed by atoms with Gasteiger partial charge < -0.3 is 10.5 Å². The number of likely N-dealkylation sites (N-methyl/N-ethyl adjacent to an activating group) is 1. The summed E-state index contributed by atoms with van der Waals surface area (Å²) >= 11 is 0. The fourth-order valence-corrected chi connectivity index (χ4v) is 3.85. The predicted molar refractivity (Wildman–Crippen MR) is 76.3 cm³/mol. The normalized spacial score (nSPS) is 22.6. The number of hydrogen-bond acceptors (Lipinski definition) is 6. The summed E-state index contributed by atoms with van der Waals surface area (Å²) in [5, 5.41) is 10.9. The van der Waals surface area contributed by atoms with Gasteiger partial charge in [0.1, 0.15) is 5.69 Å². The van der Waals surface area contributed by atoms with Crippen molar-refractivity contribution in [1.29, 1.82) is 0 Å². The van der Waals surface area contributed by atoms with E-state index < -0.39 is 20.6 Å². The minimum absolute atomic E-state index is 0.0702. The lowest BCUT2D eigenvalue weighted by atomic mass is 10.2. The molecule has 2 rings (SSSR count). The lowest BCUT2D eigenvalue weighted by molar-refractivity contribution is -0.384. The summed E-state index contributed by atoms with van der Waals surface area (Å²) in [5.74, 6) is 0. The number of nitro benzene ring substituents is 1. The Kier molecular flexibility index (Phi) is 4.17. The molecular weight excluding hydrogens is 298 g/mol. The molecule has 0 radical (unpaired) electrons. The zero-order valence-corrected chi connectivity index (χ0v) is 12.5. The van der Waals surface area contributed by atoms with Gasteiger partial charge in [0.05, 0.1) is 22.0 Å². The number of nitrogen functional groups attached to an aromatic ring is 1. The Hall–Kier alpha value is -1.71. The molecule has 0 amide bonds. The van der Waals surface area contributed by atoms with Crippen LogP contribution in [0.3, 0.4) is 0 Å². The molecule has 1 saturated heterocycles. The molecule has 1 aliphatic rings. The Balaban J connectivity index is 2.39. The summed E-state index contributed by atoms with van der Waals surface area (Å²) in [5.41, 5.74) is 5.00. The van der Waals surface area contributed by atoms with Crippen molar-refractivity contribution in [1.82, 2.24) is 4.31 Å². The number of sulfonamides is 1. The summed E-state index contributed by atoms with van der Waals surface area (Å²) < 4.78 is 31.7. The van der Waals surface area contributed by atoms with E-state index >= 15 is 0 Å². The van der Waals surface area contributed by atoms with Crippen LogP contribution in [-0.2, 0) is 14.8 Å². The highest BCUT2D eigenvalue weighted by molar-refractivity contribution is 7.89. The highest BCUT2D eigenvalue weighted by Gasteiger charge is 2.35. The van der Waals surface area contributed by atoms with E-state index in [-0.39, 0.29) is 22.7 Å². The zero-order chi connectivity index (χ0) is 15.8. The van der Waals surface area contributed by atoms with Crippen LogP contribution in [0.25, 0.3) is 0 Å². The third kappa shape index (κ3) is 2.85. The number of nitrogens with two attached hydrogens (primary N) is 1. The molecule has 2 N–H and O–H groups in total. The summed E-state index contributed by atoms with van der Waals surface area (Å²) in [7, 11) is -2.38. The fraction of sp³-hybridized carbons (Fsp3) is 0.500. The summed E-state index contributed by atoms with van der Waals surface area (Å²) in [6.07, 6.45) is 0.377. The van der Waals surface area contributed by atoms with Gasteiger partial charge in [-0.15, -0.1) is 0 Å². The minimum atomic E-state index is -3.83. The van der Waals surface area contributed by atoms with Crippen LogP contribution in [0.5, 0.6) is 0 Å². The van der Waals surface area contributed by atoms with Crippen molar-refractivity contribution in [3.05, 3.63) is 28.3 Å². The average Bonchev–Trinajstić information content (AvgIpc) is 2.83. The molecule has 1 aromatic rings. The third-order valence-electron chi connectivity index (χ3n) is 3.68. The lowest BCUT2D eigenvalue weighted by Crippen LogP contribution is -2.40. The first-order valence-corrected chi connectivity index (χ1v) is 7.82. The van der Waals surface area contributed by atoms with Crippen molar-refractivity contribution >= 4 is 21.4 Å². The Bertz CT molecular complexity index is 661. The third-order valence-corrected chi connectivity index (χ3v) is 5.56. The van der Waals surface area contributed by atoms with Crippen LogP contribution in [0.15, 0.2) is 23.1 Å². The van der Waals surface area contributed by atoms with Gasteiger partial charge in [-0.05, 0) is 25.5 Å². The number of ether oxygens (including phenoxy) is 1. The van der Waals surface area contributed by atoms with Gasteiger partial charge in [0.2, 0.25) is 10.0 Å². The van der Waals surface area contributed by atoms with Crippen molar-refractivity contribution in [2.24, 2.45) is 0 Å². The SMILES string of the molecule is CC1OCCC1N(C)S(=O)(=O)c1ccc(N)c([N+](=O)[O-])c1. The first kappa shape index (κ1) is 15.7. The van der Waals surface area contributed by atoms with Crippen molar-refractivity contribution in [2.45, 2.75) is 30.4 Å². The Morgan fingerprint density at radius 3 is 2.67 bits per heavy atom. The molecule has 1 aromatic carbocycles. The van der Waals surface area contributed by atoms with Crippen LogP contribution in [0.2, 0.25) is 0 Å². The number of hydrogen-bond donors (Lipinski definition) is 1. The topological polar surface area (TPSA) is 116 Å². The van der Waals surface area contributed by atoms with Gasteiger partial charge in [-0.3, -0.25) is 10.1 Å². The number of nitrogens with zero attached hydrogens (tertiary/aromatic N) is 2. The second-order valence-corrected chi connectivity index (χ2v) is 6.93. The maximum atomic E-state index is 12.6.